The highest BCUT2D eigenvalue weighted by molar-refractivity contribution is 5.72. The Morgan fingerprint density at radius 2 is 1.89 bits per heavy atom. The third kappa shape index (κ3) is 2.12. The molecular formula is C16H10N2O. The average molecular weight is 246 g/mol. The van der Waals surface area contributed by atoms with E-state index in [1.165, 1.54) is 0 Å². The third-order valence-corrected chi connectivity index (χ3v) is 2.88. The third-order valence-electron chi connectivity index (χ3n) is 2.88. The number of nitrogens with zero attached hydrogens (tertiary/aromatic N) is 2. The molecule has 0 saturated heterocycles. The van der Waals surface area contributed by atoms with Crippen LogP contribution in [-0.2, 0) is 0 Å². The van der Waals surface area contributed by atoms with Crippen LogP contribution in [0.25, 0.3) is 22.6 Å². The van der Waals surface area contributed by atoms with Gasteiger partial charge >= 0.3 is 0 Å². The van der Waals surface area contributed by atoms with Crippen molar-refractivity contribution in [3.05, 3.63) is 66.6 Å². The molecule has 0 fully saturated rings. The van der Waals surface area contributed by atoms with Crippen molar-refractivity contribution < 1.29 is 4.42 Å². The number of pyridine rings is 1. The molecule has 90 valence electrons. The Kier molecular flexibility index (Phi) is 2.83. The van der Waals surface area contributed by atoms with Gasteiger partial charge in [0.25, 0.3) is 0 Å². The number of hydrogen-bond donors (Lipinski definition) is 0. The summed E-state index contributed by atoms with van der Waals surface area (Å²) in [5.41, 5.74) is 3.11. The molecule has 0 saturated carbocycles. The van der Waals surface area contributed by atoms with Crippen molar-refractivity contribution in [2.45, 2.75) is 0 Å². The van der Waals surface area contributed by atoms with Crippen molar-refractivity contribution >= 4 is 0 Å². The van der Waals surface area contributed by atoms with E-state index in [1.807, 2.05) is 42.5 Å². The summed E-state index contributed by atoms with van der Waals surface area (Å²) in [6, 6.07) is 17.5. The second-order valence-electron chi connectivity index (χ2n) is 4.07. The number of nitriles is 1. The van der Waals surface area contributed by atoms with Gasteiger partial charge < -0.3 is 4.42 Å². The van der Waals surface area contributed by atoms with Gasteiger partial charge in [-0.25, -0.2) is 0 Å². The largest absolute Gasteiger partial charge is 0.464 e. The first-order valence-corrected chi connectivity index (χ1v) is 5.88. The summed E-state index contributed by atoms with van der Waals surface area (Å²) in [5.74, 6) is 0.677. The summed E-state index contributed by atoms with van der Waals surface area (Å²) in [6.45, 7) is 0. The monoisotopic (exact) mass is 246 g/mol. The maximum absolute atomic E-state index is 9.15. The Bertz CT molecular complexity index is 725. The zero-order chi connectivity index (χ0) is 13.1. The van der Waals surface area contributed by atoms with Crippen LogP contribution in [0.4, 0.5) is 0 Å². The predicted octanol–water partition coefficient (Wildman–Crippen LogP) is 3.88. The van der Waals surface area contributed by atoms with Gasteiger partial charge in [0.1, 0.15) is 11.8 Å². The van der Waals surface area contributed by atoms with E-state index < -0.39 is 0 Å². The van der Waals surface area contributed by atoms with Crippen molar-refractivity contribution in [2.24, 2.45) is 0 Å². The van der Waals surface area contributed by atoms with Gasteiger partial charge in [0.2, 0.25) is 0 Å². The standard InChI is InChI=1S/C16H10N2O/c17-10-13-11-18-15(12-5-2-1-3-6-12)9-14(13)16-7-4-8-19-16/h1-9,11H. The van der Waals surface area contributed by atoms with Crippen LogP contribution in [0.2, 0.25) is 0 Å². The maximum atomic E-state index is 9.15. The fraction of sp³-hybridized carbons (Fsp3) is 0. The Labute approximate surface area is 110 Å². The molecule has 2 heterocycles. The average Bonchev–Trinajstić information content (AvgIpc) is 3.01. The van der Waals surface area contributed by atoms with Gasteiger partial charge in [0.05, 0.1) is 17.5 Å². The molecule has 19 heavy (non-hydrogen) atoms. The molecule has 0 unspecified atom stereocenters. The highest BCUT2D eigenvalue weighted by Gasteiger charge is 2.10. The maximum Gasteiger partial charge on any atom is 0.135 e. The van der Waals surface area contributed by atoms with E-state index in [2.05, 4.69) is 11.1 Å². The molecule has 0 radical (unpaired) electrons. The van der Waals surface area contributed by atoms with Crippen LogP contribution in [0.1, 0.15) is 5.56 Å². The molecule has 3 heteroatoms. The van der Waals surface area contributed by atoms with Gasteiger partial charge in [-0.15, -0.1) is 0 Å². The highest BCUT2D eigenvalue weighted by Crippen LogP contribution is 2.27. The molecule has 3 aromatic rings. The summed E-state index contributed by atoms with van der Waals surface area (Å²) >= 11 is 0. The molecule has 1 aromatic carbocycles. The molecule has 0 N–H and O–H groups in total. The molecule has 0 aliphatic rings. The van der Waals surface area contributed by atoms with Crippen LogP contribution >= 0.6 is 0 Å². The van der Waals surface area contributed by atoms with Crippen molar-refractivity contribution in [2.75, 3.05) is 0 Å². The van der Waals surface area contributed by atoms with E-state index in [0.717, 1.165) is 16.8 Å². The van der Waals surface area contributed by atoms with E-state index in [0.29, 0.717) is 11.3 Å². The van der Waals surface area contributed by atoms with Crippen LogP contribution in [0.5, 0.6) is 0 Å². The minimum Gasteiger partial charge on any atom is -0.464 e. The predicted molar refractivity (Wildman–Crippen MR) is 72.1 cm³/mol. The Morgan fingerprint density at radius 1 is 1.05 bits per heavy atom. The van der Waals surface area contributed by atoms with Gasteiger partial charge in [-0.05, 0) is 18.2 Å². The molecular weight excluding hydrogens is 236 g/mol. The minimum absolute atomic E-state index is 0.509. The zero-order valence-corrected chi connectivity index (χ0v) is 10.1. The molecule has 0 aliphatic carbocycles. The van der Waals surface area contributed by atoms with Crippen LogP contribution in [0.15, 0.2) is 65.4 Å². The molecule has 0 bridgehead atoms. The van der Waals surface area contributed by atoms with Crippen LogP contribution in [-0.4, -0.2) is 4.98 Å². The lowest BCUT2D eigenvalue weighted by atomic mass is 10.0. The second-order valence-corrected chi connectivity index (χ2v) is 4.07. The SMILES string of the molecule is N#Cc1cnc(-c2ccccc2)cc1-c1ccco1. The smallest absolute Gasteiger partial charge is 0.135 e. The number of furan rings is 1. The first-order valence-electron chi connectivity index (χ1n) is 5.88. The minimum atomic E-state index is 0.509. The normalized spacial score (nSPS) is 10.1. The van der Waals surface area contributed by atoms with E-state index in [4.69, 9.17) is 9.68 Å². The van der Waals surface area contributed by atoms with Gasteiger partial charge in [0.15, 0.2) is 0 Å². The van der Waals surface area contributed by atoms with Gasteiger partial charge in [-0.2, -0.15) is 5.26 Å². The topological polar surface area (TPSA) is 49.8 Å². The lowest BCUT2D eigenvalue weighted by Gasteiger charge is -2.04. The van der Waals surface area contributed by atoms with E-state index in [9.17, 15) is 0 Å². The molecule has 3 nitrogen and oxygen atoms in total. The Hall–Kier alpha value is -2.86. The highest BCUT2D eigenvalue weighted by atomic mass is 16.3. The summed E-state index contributed by atoms with van der Waals surface area (Å²) in [5, 5.41) is 9.15. The fourth-order valence-electron chi connectivity index (χ4n) is 1.95. The van der Waals surface area contributed by atoms with Crippen molar-refractivity contribution in [1.29, 1.82) is 5.26 Å². The summed E-state index contributed by atoms with van der Waals surface area (Å²) in [7, 11) is 0. The van der Waals surface area contributed by atoms with Gasteiger partial charge in [-0.3, -0.25) is 4.98 Å². The Balaban J connectivity index is 2.16. The van der Waals surface area contributed by atoms with E-state index in [-0.39, 0.29) is 0 Å². The van der Waals surface area contributed by atoms with E-state index in [1.54, 1.807) is 18.5 Å². The fourth-order valence-corrected chi connectivity index (χ4v) is 1.95. The Morgan fingerprint density at radius 3 is 2.58 bits per heavy atom. The van der Waals surface area contributed by atoms with E-state index >= 15 is 0 Å². The molecule has 0 aliphatic heterocycles. The van der Waals surface area contributed by atoms with Crippen molar-refractivity contribution in [3.63, 3.8) is 0 Å². The first-order chi connectivity index (χ1) is 9.38. The lowest BCUT2D eigenvalue weighted by Crippen LogP contribution is -1.89. The quantitative estimate of drug-likeness (QED) is 0.689. The number of hydrogen-bond acceptors (Lipinski definition) is 3. The van der Waals surface area contributed by atoms with Crippen molar-refractivity contribution in [1.82, 2.24) is 4.98 Å². The summed E-state index contributed by atoms with van der Waals surface area (Å²) < 4.78 is 5.37. The second kappa shape index (κ2) is 4.79. The van der Waals surface area contributed by atoms with Gasteiger partial charge in [0, 0.05) is 17.3 Å². The first kappa shape index (κ1) is 11.2. The number of benzene rings is 1. The molecule has 0 atom stereocenters. The number of rotatable bonds is 2. The van der Waals surface area contributed by atoms with Crippen molar-refractivity contribution in [3.8, 4) is 28.7 Å². The molecule has 2 aromatic heterocycles. The lowest BCUT2D eigenvalue weighted by molar-refractivity contribution is 0.582. The number of aromatic nitrogens is 1. The molecule has 0 amide bonds. The molecule has 3 rings (SSSR count). The van der Waals surface area contributed by atoms with Gasteiger partial charge in [-0.1, -0.05) is 30.3 Å². The summed E-state index contributed by atoms with van der Waals surface area (Å²) in [6.07, 6.45) is 3.18. The molecule has 0 spiro atoms. The van der Waals surface area contributed by atoms with Crippen LogP contribution in [0.3, 0.4) is 0 Å². The van der Waals surface area contributed by atoms with Crippen LogP contribution < -0.4 is 0 Å². The zero-order valence-electron chi connectivity index (χ0n) is 10.1. The summed E-state index contributed by atoms with van der Waals surface area (Å²) in [4.78, 5) is 4.33. The van der Waals surface area contributed by atoms with Crippen LogP contribution in [0, 0.1) is 11.3 Å².